The fraction of sp³-hybridized carbons (Fsp3) is 0.130. The molecule has 0 saturated carbocycles. The van der Waals surface area contributed by atoms with E-state index in [0.29, 0.717) is 22.4 Å². The van der Waals surface area contributed by atoms with Gasteiger partial charge in [0.2, 0.25) is 5.91 Å². The van der Waals surface area contributed by atoms with Crippen LogP contribution in [0, 0.1) is 0 Å². The molecular formula is C23H19Cl2N3O. The first-order valence-corrected chi connectivity index (χ1v) is 9.97. The van der Waals surface area contributed by atoms with E-state index in [1.54, 1.807) is 17.0 Å². The van der Waals surface area contributed by atoms with Crippen LogP contribution in [-0.4, -0.2) is 27.4 Å². The average molecular weight is 424 g/mol. The Morgan fingerprint density at radius 3 is 2.48 bits per heavy atom. The third kappa shape index (κ3) is 4.14. The Balaban J connectivity index is 1.70. The SMILES string of the molecule is CN(Cc1ccccc1)C(=O)Cn1c(-c2ccc(Cl)cc2Cl)nc2ccccc21. The van der Waals surface area contributed by atoms with Crippen LogP contribution in [0.5, 0.6) is 0 Å². The number of hydrogen-bond donors (Lipinski definition) is 0. The van der Waals surface area contributed by atoms with E-state index in [9.17, 15) is 4.79 Å². The van der Waals surface area contributed by atoms with Gasteiger partial charge in [-0.2, -0.15) is 0 Å². The molecule has 4 rings (SSSR count). The van der Waals surface area contributed by atoms with Crippen molar-refractivity contribution in [3.8, 4) is 11.4 Å². The van der Waals surface area contributed by atoms with Crippen LogP contribution in [0.4, 0.5) is 0 Å². The van der Waals surface area contributed by atoms with Gasteiger partial charge in [0.1, 0.15) is 12.4 Å². The lowest BCUT2D eigenvalue weighted by Crippen LogP contribution is -2.30. The number of fused-ring (bicyclic) bond motifs is 1. The minimum absolute atomic E-state index is 0.0108. The highest BCUT2D eigenvalue weighted by Crippen LogP contribution is 2.32. The first-order chi connectivity index (χ1) is 14.0. The summed E-state index contributed by atoms with van der Waals surface area (Å²) in [6, 6.07) is 23.0. The number of carbonyl (C=O) groups excluding carboxylic acids is 1. The van der Waals surface area contributed by atoms with Crippen molar-refractivity contribution >= 4 is 40.1 Å². The van der Waals surface area contributed by atoms with Crippen LogP contribution in [-0.2, 0) is 17.9 Å². The maximum atomic E-state index is 13.0. The molecule has 0 aliphatic heterocycles. The number of likely N-dealkylation sites (N-methyl/N-ethyl adjacent to an activating group) is 1. The molecule has 146 valence electrons. The second kappa shape index (κ2) is 8.27. The predicted molar refractivity (Wildman–Crippen MR) is 118 cm³/mol. The van der Waals surface area contributed by atoms with Crippen LogP contribution in [0.1, 0.15) is 5.56 Å². The summed E-state index contributed by atoms with van der Waals surface area (Å²) >= 11 is 12.5. The van der Waals surface area contributed by atoms with Crippen LogP contribution < -0.4 is 0 Å². The molecule has 0 aliphatic rings. The number of amides is 1. The van der Waals surface area contributed by atoms with Crippen molar-refractivity contribution in [3.63, 3.8) is 0 Å². The van der Waals surface area contributed by atoms with Crippen molar-refractivity contribution in [2.24, 2.45) is 0 Å². The molecule has 0 unspecified atom stereocenters. The summed E-state index contributed by atoms with van der Waals surface area (Å²) in [6.45, 7) is 0.710. The fourth-order valence-corrected chi connectivity index (χ4v) is 3.81. The first kappa shape index (κ1) is 19.5. The average Bonchev–Trinajstić information content (AvgIpc) is 3.07. The summed E-state index contributed by atoms with van der Waals surface area (Å²) in [6.07, 6.45) is 0. The number of imidazole rings is 1. The molecule has 29 heavy (non-hydrogen) atoms. The van der Waals surface area contributed by atoms with Crippen LogP contribution in [0.2, 0.25) is 10.0 Å². The summed E-state index contributed by atoms with van der Waals surface area (Å²) in [5.74, 6) is 0.637. The number of hydrogen-bond acceptors (Lipinski definition) is 2. The highest BCUT2D eigenvalue weighted by atomic mass is 35.5. The van der Waals surface area contributed by atoms with Gasteiger partial charge >= 0.3 is 0 Å². The van der Waals surface area contributed by atoms with Crippen molar-refractivity contribution in [1.82, 2.24) is 14.5 Å². The Morgan fingerprint density at radius 1 is 1.00 bits per heavy atom. The van der Waals surface area contributed by atoms with E-state index < -0.39 is 0 Å². The van der Waals surface area contributed by atoms with E-state index in [-0.39, 0.29) is 12.5 Å². The number of carbonyl (C=O) groups is 1. The standard InChI is InChI=1S/C23H19Cl2N3O/c1-27(14-16-7-3-2-4-8-16)22(29)15-28-21-10-6-5-9-20(21)26-23(28)18-12-11-17(24)13-19(18)25/h2-13H,14-15H2,1H3. The van der Waals surface area contributed by atoms with Gasteiger partial charge < -0.3 is 9.47 Å². The normalized spacial score (nSPS) is 11.0. The smallest absolute Gasteiger partial charge is 0.242 e. The molecule has 1 heterocycles. The van der Waals surface area contributed by atoms with Gasteiger partial charge in [-0.3, -0.25) is 4.79 Å². The van der Waals surface area contributed by atoms with Gasteiger partial charge in [-0.15, -0.1) is 0 Å². The number of halogens is 2. The maximum Gasteiger partial charge on any atom is 0.242 e. The monoisotopic (exact) mass is 423 g/mol. The van der Waals surface area contributed by atoms with Crippen LogP contribution >= 0.6 is 23.2 Å². The van der Waals surface area contributed by atoms with Gasteiger partial charge in [-0.1, -0.05) is 65.7 Å². The van der Waals surface area contributed by atoms with Gasteiger partial charge in [0, 0.05) is 24.2 Å². The zero-order chi connectivity index (χ0) is 20.4. The summed E-state index contributed by atoms with van der Waals surface area (Å²) in [5, 5.41) is 1.05. The lowest BCUT2D eigenvalue weighted by molar-refractivity contribution is -0.130. The molecule has 1 aromatic heterocycles. The number of aromatic nitrogens is 2. The van der Waals surface area contributed by atoms with Crippen molar-refractivity contribution in [2.75, 3.05) is 7.05 Å². The van der Waals surface area contributed by atoms with E-state index in [4.69, 9.17) is 28.2 Å². The highest BCUT2D eigenvalue weighted by molar-refractivity contribution is 6.36. The molecule has 0 saturated heterocycles. The van der Waals surface area contributed by atoms with Gasteiger partial charge in [-0.05, 0) is 35.9 Å². The van der Waals surface area contributed by atoms with Gasteiger partial charge in [0.25, 0.3) is 0 Å². The quantitative estimate of drug-likeness (QED) is 0.414. The zero-order valence-corrected chi connectivity index (χ0v) is 17.4. The summed E-state index contributed by atoms with van der Waals surface area (Å²) < 4.78 is 1.91. The molecule has 0 radical (unpaired) electrons. The Hall–Kier alpha value is -2.82. The lowest BCUT2D eigenvalue weighted by atomic mass is 10.2. The Morgan fingerprint density at radius 2 is 1.72 bits per heavy atom. The minimum Gasteiger partial charge on any atom is -0.340 e. The maximum absolute atomic E-state index is 13.0. The molecule has 0 N–H and O–H groups in total. The first-order valence-electron chi connectivity index (χ1n) is 9.21. The molecule has 0 bridgehead atoms. The molecular weight excluding hydrogens is 405 g/mol. The fourth-order valence-electron chi connectivity index (χ4n) is 3.31. The zero-order valence-electron chi connectivity index (χ0n) is 15.8. The molecule has 0 aliphatic carbocycles. The molecule has 0 spiro atoms. The molecule has 0 atom stereocenters. The van der Waals surface area contributed by atoms with Crippen LogP contribution in [0.15, 0.2) is 72.8 Å². The van der Waals surface area contributed by atoms with Gasteiger partial charge in [0.05, 0.1) is 16.1 Å². The Labute approximate surface area is 179 Å². The number of benzene rings is 3. The van der Waals surface area contributed by atoms with Crippen LogP contribution in [0.25, 0.3) is 22.4 Å². The predicted octanol–water partition coefficient (Wildman–Crippen LogP) is 5.67. The third-order valence-electron chi connectivity index (χ3n) is 4.81. The summed E-state index contributed by atoms with van der Waals surface area (Å²) in [5.41, 5.74) is 3.52. The topological polar surface area (TPSA) is 38.1 Å². The highest BCUT2D eigenvalue weighted by Gasteiger charge is 2.19. The van der Waals surface area contributed by atoms with E-state index in [1.807, 2.05) is 72.3 Å². The molecule has 4 aromatic rings. The van der Waals surface area contributed by atoms with E-state index in [1.165, 1.54) is 0 Å². The largest absolute Gasteiger partial charge is 0.340 e. The molecule has 0 fully saturated rings. The van der Waals surface area contributed by atoms with Gasteiger partial charge in [0.15, 0.2) is 0 Å². The van der Waals surface area contributed by atoms with Gasteiger partial charge in [-0.25, -0.2) is 4.98 Å². The number of rotatable bonds is 5. The second-order valence-electron chi connectivity index (χ2n) is 6.87. The Kier molecular flexibility index (Phi) is 5.56. The second-order valence-corrected chi connectivity index (χ2v) is 7.71. The van der Waals surface area contributed by atoms with E-state index in [2.05, 4.69) is 0 Å². The van der Waals surface area contributed by atoms with Crippen LogP contribution in [0.3, 0.4) is 0 Å². The summed E-state index contributed by atoms with van der Waals surface area (Å²) in [4.78, 5) is 19.5. The van der Waals surface area contributed by atoms with Crippen molar-refractivity contribution in [1.29, 1.82) is 0 Å². The van der Waals surface area contributed by atoms with E-state index >= 15 is 0 Å². The number of para-hydroxylation sites is 2. The van der Waals surface area contributed by atoms with E-state index in [0.717, 1.165) is 22.2 Å². The Bertz CT molecular complexity index is 1170. The molecule has 4 nitrogen and oxygen atoms in total. The lowest BCUT2D eigenvalue weighted by Gasteiger charge is -2.19. The molecule has 1 amide bonds. The number of nitrogens with zero attached hydrogens (tertiary/aromatic N) is 3. The van der Waals surface area contributed by atoms with Crippen molar-refractivity contribution in [3.05, 3.63) is 88.4 Å². The molecule has 3 aromatic carbocycles. The summed E-state index contributed by atoms with van der Waals surface area (Å²) in [7, 11) is 1.81. The molecule has 6 heteroatoms. The van der Waals surface area contributed by atoms with Crippen molar-refractivity contribution < 1.29 is 4.79 Å². The minimum atomic E-state index is -0.0108. The van der Waals surface area contributed by atoms with Crippen molar-refractivity contribution in [2.45, 2.75) is 13.1 Å². The third-order valence-corrected chi connectivity index (χ3v) is 5.36.